The zero-order valence-electron chi connectivity index (χ0n) is 18.6. The van der Waals surface area contributed by atoms with Gasteiger partial charge in [-0.2, -0.15) is 13.2 Å². The van der Waals surface area contributed by atoms with Crippen molar-refractivity contribution in [1.29, 1.82) is 0 Å². The van der Waals surface area contributed by atoms with Crippen LogP contribution < -0.4 is 14.8 Å². The first kappa shape index (κ1) is 27.3. The molecule has 0 radical (unpaired) electrons. The molecule has 1 amide bonds. The summed E-state index contributed by atoms with van der Waals surface area (Å²) in [5.74, 6) is -0.570. The Bertz CT molecular complexity index is 1530. The van der Waals surface area contributed by atoms with Gasteiger partial charge in [0.25, 0.3) is 15.9 Å². The fourth-order valence-corrected chi connectivity index (χ4v) is 5.02. The van der Waals surface area contributed by atoms with Crippen LogP contribution in [-0.2, 0) is 26.2 Å². The maximum Gasteiger partial charge on any atom is 0.417 e. The quantitative estimate of drug-likeness (QED) is 0.371. The first-order chi connectivity index (χ1) is 16.6. The molecule has 0 bridgehead atoms. The molecule has 0 unspecified atom stereocenters. The number of anilines is 3. The molecule has 0 aliphatic heterocycles. The van der Waals surface area contributed by atoms with E-state index in [1.54, 1.807) is 6.92 Å². The van der Waals surface area contributed by atoms with Gasteiger partial charge in [0, 0.05) is 16.9 Å². The third-order valence-corrected chi connectivity index (χ3v) is 7.14. The Morgan fingerprint density at radius 2 is 1.50 bits per heavy atom. The lowest BCUT2D eigenvalue weighted by Gasteiger charge is -2.14. The number of carbonyl (C=O) groups is 1. The molecular weight excluding hydrogens is 543 g/mol. The summed E-state index contributed by atoms with van der Waals surface area (Å²) in [5, 5.41) is 2.01. The Morgan fingerprint density at radius 1 is 0.889 bits per heavy atom. The number of rotatable bonds is 7. The second kappa shape index (κ2) is 9.99. The van der Waals surface area contributed by atoms with Crippen LogP contribution in [0.15, 0.2) is 65.6 Å². The Balaban J connectivity index is 1.78. The summed E-state index contributed by atoms with van der Waals surface area (Å²) < 4.78 is 91.8. The summed E-state index contributed by atoms with van der Waals surface area (Å²) in [6.45, 7) is 1.56. The highest BCUT2D eigenvalue weighted by atomic mass is 35.5. The number of sulfonamides is 2. The van der Waals surface area contributed by atoms with Gasteiger partial charge in [0.15, 0.2) is 0 Å². The normalized spacial score (nSPS) is 12.2. The molecule has 3 aromatic rings. The SMILES string of the molecule is Cc1c(NS(C)(=O)=O)cccc1C(=O)Nc1ccc(S(=O)(=O)Nc2ccc(Cl)c(C(F)(F)F)c2)cc1. The number of halogens is 4. The largest absolute Gasteiger partial charge is 0.417 e. The molecule has 0 spiro atoms. The van der Waals surface area contributed by atoms with Crippen LogP contribution in [0.4, 0.5) is 30.2 Å². The zero-order chi connectivity index (χ0) is 26.9. The lowest BCUT2D eigenvalue weighted by atomic mass is 10.1. The molecule has 0 heterocycles. The highest BCUT2D eigenvalue weighted by Crippen LogP contribution is 2.36. The number of carbonyl (C=O) groups excluding carboxylic acids is 1. The predicted octanol–water partition coefficient (Wildman–Crippen LogP) is 5.09. The van der Waals surface area contributed by atoms with E-state index < -0.39 is 42.7 Å². The van der Waals surface area contributed by atoms with Crippen molar-refractivity contribution >= 4 is 54.6 Å². The molecule has 3 aromatic carbocycles. The number of hydrogen-bond acceptors (Lipinski definition) is 5. The Labute approximate surface area is 210 Å². The van der Waals surface area contributed by atoms with E-state index in [1.807, 2.05) is 0 Å². The average Bonchev–Trinajstić information content (AvgIpc) is 2.75. The topological polar surface area (TPSA) is 121 Å². The van der Waals surface area contributed by atoms with E-state index >= 15 is 0 Å². The molecule has 0 saturated carbocycles. The number of alkyl halides is 3. The molecule has 0 aromatic heterocycles. The summed E-state index contributed by atoms with van der Waals surface area (Å²) in [6, 6.07) is 12.0. The molecule has 36 heavy (non-hydrogen) atoms. The molecule has 3 rings (SSSR count). The van der Waals surface area contributed by atoms with Gasteiger partial charge in [-0.15, -0.1) is 0 Å². The predicted molar refractivity (Wildman–Crippen MR) is 131 cm³/mol. The van der Waals surface area contributed by atoms with E-state index in [0.717, 1.165) is 30.5 Å². The van der Waals surface area contributed by atoms with E-state index in [1.165, 1.54) is 30.3 Å². The summed E-state index contributed by atoms with van der Waals surface area (Å²) in [7, 11) is -7.81. The second-order valence-corrected chi connectivity index (χ2v) is 11.5. The van der Waals surface area contributed by atoms with E-state index in [-0.39, 0.29) is 27.5 Å². The molecule has 0 aliphatic carbocycles. The third kappa shape index (κ3) is 6.68. The minimum Gasteiger partial charge on any atom is -0.322 e. The van der Waals surface area contributed by atoms with Gasteiger partial charge in [0.05, 0.1) is 27.4 Å². The molecule has 192 valence electrons. The van der Waals surface area contributed by atoms with E-state index in [0.29, 0.717) is 11.6 Å². The van der Waals surface area contributed by atoms with Crippen LogP contribution >= 0.6 is 11.6 Å². The molecule has 0 aliphatic rings. The van der Waals surface area contributed by atoms with Crippen molar-refractivity contribution in [2.45, 2.75) is 18.0 Å². The van der Waals surface area contributed by atoms with E-state index in [2.05, 4.69) is 14.8 Å². The summed E-state index contributed by atoms with van der Waals surface area (Å²) >= 11 is 5.56. The van der Waals surface area contributed by atoms with Crippen LogP contribution in [0.5, 0.6) is 0 Å². The standard InChI is InChI=1S/C22H19ClF3N3O5S2/c1-13-17(4-3-5-20(13)29-35(2,31)32)21(30)27-14-6-9-16(10-7-14)36(33,34)28-15-8-11-19(23)18(12-15)22(24,25)26/h3-12,28-29H,1-2H3,(H,27,30). The maximum absolute atomic E-state index is 13.0. The van der Waals surface area contributed by atoms with Crippen molar-refractivity contribution in [3.05, 3.63) is 82.4 Å². The molecule has 8 nitrogen and oxygen atoms in total. The van der Waals surface area contributed by atoms with Crippen molar-refractivity contribution in [3.63, 3.8) is 0 Å². The van der Waals surface area contributed by atoms with Gasteiger partial charge in [-0.05, 0) is 67.1 Å². The van der Waals surface area contributed by atoms with Gasteiger partial charge in [-0.1, -0.05) is 17.7 Å². The van der Waals surface area contributed by atoms with Gasteiger partial charge in [-0.25, -0.2) is 16.8 Å². The van der Waals surface area contributed by atoms with Crippen molar-refractivity contribution in [2.24, 2.45) is 0 Å². The first-order valence-corrected chi connectivity index (χ1v) is 13.7. The number of amides is 1. The van der Waals surface area contributed by atoms with Crippen LogP contribution in [0.3, 0.4) is 0 Å². The van der Waals surface area contributed by atoms with Crippen LogP contribution in [0.25, 0.3) is 0 Å². The maximum atomic E-state index is 13.0. The lowest BCUT2D eigenvalue weighted by Crippen LogP contribution is -2.17. The molecular formula is C22H19ClF3N3O5S2. The van der Waals surface area contributed by atoms with Gasteiger partial charge < -0.3 is 5.32 Å². The molecule has 0 fully saturated rings. The fraction of sp³-hybridized carbons (Fsp3) is 0.136. The van der Waals surface area contributed by atoms with Gasteiger partial charge in [0.1, 0.15) is 0 Å². The van der Waals surface area contributed by atoms with Crippen LogP contribution in [0.2, 0.25) is 5.02 Å². The monoisotopic (exact) mass is 561 g/mol. The van der Waals surface area contributed by atoms with E-state index in [4.69, 9.17) is 11.6 Å². The van der Waals surface area contributed by atoms with Gasteiger partial charge in [-0.3, -0.25) is 14.2 Å². The van der Waals surface area contributed by atoms with Crippen LogP contribution in [-0.4, -0.2) is 29.0 Å². The van der Waals surface area contributed by atoms with Gasteiger partial charge in [0.2, 0.25) is 10.0 Å². The zero-order valence-corrected chi connectivity index (χ0v) is 21.0. The third-order valence-electron chi connectivity index (χ3n) is 4.82. The highest BCUT2D eigenvalue weighted by molar-refractivity contribution is 7.92. The smallest absolute Gasteiger partial charge is 0.322 e. The van der Waals surface area contributed by atoms with Crippen molar-refractivity contribution in [2.75, 3.05) is 21.0 Å². The average molecular weight is 562 g/mol. The van der Waals surface area contributed by atoms with Crippen molar-refractivity contribution in [1.82, 2.24) is 0 Å². The number of hydrogen-bond donors (Lipinski definition) is 3. The van der Waals surface area contributed by atoms with Crippen LogP contribution in [0, 0.1) is 6.92 Å². The highest BCUT2D eigenvalue weighted by Gasteiger charge is 2.33. The molecule has 0 saturated heterocycles. The first-order valence-electron chi connectivity index (χ1n) is 9.95. The Hall–Kier alpha value is -3.29. The number of nitrogens with one attached hydrogen (secondary N) is 3. The molecule has 0 atom stereocenters. The Kier molecular flexibility index (Phi) is 7.58. The molecule has 14 heteroatoms. The summed E-state index contributed by atoms with van der Waals surface area (Å²) in [4.78, 5) is 12.4. The van der Waals surface area contributed by atoms with Crippen molar-refractivity contribution in [3.8, 4) is 0 Å². The summed E-state index contributed by atoms with van der Waals surface area (Å²) in [6.07, 6.45) is -3.79. The van der Waals surface area contributed by atoms with E-state index in [9.17, 15) is 34.8 Å². The summed E-state index contributed by atoms with van der Waals surface area (Å²) in [5.41, 5.74) is -0.495. The van der Waals surface area contributed by atoms with Gasteiger partial charge >= 0.3 is 6.18 Å². The van der Waals surface area contributed by atoms with Crippen LogP contribution in [0.1, 0.15) is 21.5 Å². The minimum atomic E-state index is -4.77. The molecule has 3 N–H and O–H groups in total. The Morgan fingerprint density at radius 3 is 2.08 bits per heavy atom. The minimum absolute atomic E-state index is 0.185. The van der Waals surface area contributed by atoms with Crippen molar-refractivity contribution < 1.29 is 34.8 Å². The second-order valence-electron chi connectivity index (χ2n) is 7.63. The number of benzene rings is 3. The lowest BCUT2D eigenvalue weighted by molar-refractivity contribution is -0.137. The fourth-order valence-electron chi connectivity index (χ4n) is 3.13.